The van der Waals surface area contributed by atoms with Crippen molar-refractivity contribution in [2.75, 3.05) is 13.7 Å². The second-order valence-electron chi connectivity index (χ2n) is 5.23. The molecule has 0 radical (unpaired) electrons. The first-order valence-corrected chi connectivity index (χ1v) is 8.77. The van der Waals surface area contributed by atoms with Gasteiger partial charge in [-0.25, -0.2) is 17.9 Å². The van der Waals surface area contributed by atoms with E-state index in [0.29, 0.717) is 0 Å². The van der Waals surface area contributed by atoms with Crippen molar-refractivity contribution in [2.24, 2.45) is 0 Å². The van der Waals surface area contributed by atoms with Crippen molar-refractivity contribution in [2.45, 2.75) is 36.7 Å². The van der Waals surface area contributed by atoms with Crippen LogP contribution in [0.15, 0.2) is 29.2 Å². The highest BCUT2D eigenvalue weighted by molar-refractivity contribution is 7.90. The average Bonchev–Trinajstić information content (AvgIpc) is 3.05. The maximum Gasteiger partial charge on any atom is 0.339 e. The minimum Gasteiger partial charge on any atom is -0.465 e. The monoisotopic (exact) mass is 341 g/mol. The van der Waals surface area contributed by atoms with Gasteiger partial charge in [-0.2, -0.15) is 0 Å². The zero-order chi connectivity index (χ0) is 16.9. The van der Waals surface area contributed by atoms with Gasteiger partial charge < -0.3 is 9.47 Å². The van der Waals surface area contributed by atoms with E-state index < -0.39 is 21.9 Å². The summed E-state index contributed by atoms with van der Waals surface area (Å²) in [6.45, 7) is -0.329. The van der Waals surface area contributed by atoms with Crippen LogP contribution in [0.25, 0.3) is 0 Å². The molecule has 1 amide bonds. The molecule has 0 bridgehead atoms. The Balaban J connectivity index is 2.06. The van der Waals surface area contributed by atoms with Gasteiger partial charge in [0, 0.05) is 0 Å². The predicted octanol–water partition coefficient (Wildman–Crippen LogP) is 1.24. The first kappa shape index (κ1) is 17.4. The molecule has 0 spiro atoms. The summed E-state index contributed by atoms with van der Waals surface area (Å²) in [5.74, 6) is -1.56. The highest BCUT2D eigenvalue weighted by atomic mass is 32.2. The first-order valence-electron chi connectivity index (χ1n) is 7.28. The van der Waals surface area contributed by atoms with Gasteiger partial charge in [-0.3, -0.25) is 4.79 Å². The predicted molar refractivity (Wildman–Crippen MR) is 81.3 cm³/mol. The van der Waals surface area contributed by atoms with Gasteiger partial charge in [0.15, 0.2) is 0 Å². The Labute approximate surface area is 135 Å². The van der Waals surface area contributed by atoms with Crippen molar-refractivity contribution in [1.82, 2.24) is 4.72 Å². The molecule has 1 aliphatic rings. The summed E-state index contributed by atoms with van der Waals surface area (Å²) in [6.07, 6.45) is 3.87. The number of sulfonamides is 1. The third-order valence-corrected chi connectivity index (χ3v) is 5.01. The molecule has 0 atom stereocenters. The van der Waals surface area contributed by atoms with E-state index in [9.17, 15) is 18.0 Å². The second kappa shape index (κ2) is 7.56. The lowest BCUT2D eigenvalue weighted by molar-refractivity contribution is -0.125. The molecule has 1 aliphatic carbocycles. The normalized spacial score (nSPS) is 15.3. The zero-order valence-corrected chi connectivity index (χ0v) is 13.6. The van der Waals surface area contributed by atoms with Gasteiger partial charge in [-0.1, -0.05) is 25.0 Å². The molecule has 1 fully saturated rings. The van der Waals surface area contributed by atoms with Crippen LogP contribution in [0.4, 0.5) is 0 Å². The summed E-state index contributed by atoms with van der Waals surface area (Å²) in [7, 11) is -3.02. The molecule has 1 saturated carbocycles. The average molecular weight is 341 g/mol. The summed E-state index contributed by atoms with van der Waals surface area (Å²) in [5.41, 5.74) is -0.132. The molecule has 0 saturated heterocycles. The number of carbonyl (C=O) groups is 2. The number of hydrogen-bond acceptors (Lipinski definition) is 6. The number of nitrogens with one attached hydrogen (secondary N) is 1. The largest absolute Gasteiger partial charge is 0.465 e. The fourth-order valence-corrected chi connectivity index (χ4v) is 3.63. The SMILES string of the molecule is COC(=O)c1ccccc1S(=O)(=O)NC(=O)COC1CCCC1. The van der Waals surface area contributed by atoms with Crippen LogP contribution in [-0.4, -0.2) is 40.1 Å². The number of ether oxygens (including phenoxy) is 2. The van der Waals surface area contributed by atoms with Crippen LogP contribution in [0.2, 0.25) is 0 Å². The van der Waals surface area contributed by atoms with Crippen LogP contribution >= 0.6 is 0 Å². The van der Waals surface area contributed by atoms with Gasteiger partial charge in [-0.05, 0) is 25.0 Å². The standard InChI is InChI=1S/C15H19NO6S/c1-21-15(18)12-8-4-5-9-13(12)23(19,20)16-14(17)10-22-11-6-2-3-7-11/h4-5,8-9,11H,2-3,6-7,10H2,1H3,(H,16,17). The van der Waals surface area contributed by atoms with Crippen molar-refractivity contribution in [1.29, 1.82) is 0 Å². The summed E-state index contributed by atoms with van der Waals surface area (Å²) in [6, 6.07) is 5.52. The Morgan fingerprint density at radius 2 is 1.87 bits per heavy atom. The van der Waals surface area contributed by atoms with E-state index in [1.54, 1.807) is 0 Å². The highest BCUT2D eigenvalue weighted by Crippen LogP contribution is 2.21. The van der Waals surface area contributed by atoms with Crippen molar-refractivity contribution in [3.63, 3.8) is 0 Å². The zero-order valence-electron chi connectivity index (χ0n) is 12.8. The van der Waals surface area contributed by atoms with E-state index in [2.05, 4.69) is 4.74 Å². The van der Waals surface area contributed by atoms with Crippen LogP contribution in [0.3, 0.4) is 0 Å². The molecule has 126 valence electrons. The lowest BCUT2D eigenvalue weighted by Crippen LogP contribution is -2.35. The van der Waals surface area contributed by atoms with Gasteiger partial charge in [0.2, 0.25) is 0 Å². The minimum atomic E-state index is -4.17. The maximum atomic E-state index is 12.3. The Hall–Kier alpha value is -1.93. The smallest absolute Gasteiger partial charge is 0.339 e. The fraction of sp³-hybridized carbons (Fsp3) is 0.467. The Kier molecular flexibility index (Phi) is 5.73. The number of hydrogen-bond donors (Lipinski definition) is 1. The molecule has 8 heteroatoms. The van der Waals surface area contributed by atoms with Gasteiger partial charge in [0.1, 0.15) is 11.5 Å². The van der Waals surface area contributed by atoms with Gasteiger partial charge in [-0.15, -0.1) is 0 Å². The van der Waals surface area contributed by atoms with Crippen LogP contribution < -0.4 is 4.72 Å². The minimum absolute atomic E-state index is 0.00538. The third-order valence-electron chi connectivity index (χ3n) is 3.58. The van der Waals surface area contributed by atoms with Gasteiger partial charge >= 0.3 is 5.97 Å². The number of carbonyl (C=O) groups excluding carboxylic acids is 2. The first-order chi connectivity index (χ1) is 10.9. The van der Waals surface area contributed by atoms with E-state index in [1.165, 1.54) is 24.3 Å². The summed E-state index contributed by atoms with van der Waals surface area (Å²) in [4.78, 5) is 23.1. The van der Waals surface area contributed by atoms with Crippen LogP contribution in [0.5, 0.6) is 0 Å². The molecule has 0 heterocycles. The topological polar surface area (TPSA) is 98.8 Å². The molecular weight excluding hydrogens is 322 g/mol. The molecular formula is C15H19NO6S. The Morgan fingerprint density at radius 3 is 2.52 bits per heavy atom. The number of amides is 1. The number of rotatable bonds is 6. The van der Waals surface area contributed by atoms with Crippen molar-refractivity contribution < 1.29 is 27.5 Å². The quantitative estimate of drug-likeness (QED) is 0.782. The highest BCUT2D eigenvalue weighted by Gasteiger charge is 2.25. The Morgan fingerprint density at radius 1 is 1.22 bits per heavy atom. The van der Waals surface area contributed by atoms with E-state index in [1.807, 2.05) is 4.72 Å². The van der Waals surface area contributed by atoms with Gasteiger partial charge in [0.05, 0.1) is 18.8 Å². The molecule has 1 aromatic rings. The number of benzene rings is 1. The second-order valence-corrected chi connectivity index (χ2v) is 6.88. The third kappa shape index (κ3) is 4.52. The van der Waals surface area contributed by atoms with E-state index in [0.717, 1.165) is 32.8 Å². The summed E-state index contributed by atoms with van der Waals surface area (Å²) in [5, 5.41) is 0. The number of esters is 1. The molecule has 7 nitrogen and oxygen atoms in total. The molecule has 1 aromatic carbocycles. The lowest BCUT2D eigenvalue weighted by atomic mass is 10.2. The van der Waals surface area contributed by atoms with Crippen LogP contribution in [-0.2, 0) is 24.3 Å². The van der Waals surface area contributed by atoms with Crippen LogP contribution in [0.1, 0.15) is 36.0 Å². The van der Waals surface area contributed by atoms with Gasteiger partial charge in [0.25, 0.3) is 15.9 Å². The van der Waals surface area contributed by atoms with Crippen molar-refractivity contribution in [3.8, 4) is 0 Å². The van der Waals surface area contributed by atoms with Crippen molar-refractivity contribution in [3.05, 3.63) is 29.8 Å². The Bertz CT molecular complexity index is 679. The van der Waals surface area contributed by atoms with Crippen LogP contribution in [0, 0.1) is 0 Å². The van der Waals surface area contributed by atoms with E-state index >= 15 is 0 Å². The molecule has 23 heavy (non-hydrogen) atoms. The van der Waals surface area contributed by atoms with E-state index in [4.69, 9.17) is 4.74 Å². The molecule has 1 N–H and O–H groups in total. The van der Waals surface area contributed by atoms with Crippen molar-refractivity contribution >= 4 is 21.9 Å². The maximum absolute atomic E-state index is 12.3. The molecule has 0 aliphatic heterocycles. The number of methoxy groups -OCH3 is 1. The van der Waals surface area contributed by atoms with E-state index in [-0.39, 0.29) is 23.2 Å². The molecule has 0 aromatic heterocycles. The lowest BCUT2D eigenvalue weighted by Gasteiger charge is -2.12. The summed E-state index contributed by atoms with van der Waals surface area (Å²) < 4.78 is 36.4. The fourth-order valence-electron chi connectivity index (χ4n) is 2.46. The molecule has 2 rings (SSSR count). The molecule has 0 unspecified atom stereocenters. The summed E-state index contributed by atoms with van der Waals surface area (Å²) >= 11 is 0.